The molecule has 0 aliphatic carbocycles. The fraction of sp³-hybridized carbons (Fsp3) is 0.205. The summed E-state index contributed by atoms with van der Waals surface area (Å²) in [4.78, 5) is 21.4. The van der Waals surface area contributed by atoms with Gasteiger partial charge in [-0.3, -0.25) is 4.79 Å². The lowest BCUT2D eigenvalue weighted by Crippen LogP contribution is -2.15. The Morgan fingerprint density at radius 2 is 0.804 bits per heavy atom. The molecular weight excluding hydrogens is 650 g/mol. The lowest BCUT2D eigenvalue weighted by Gasteiger charge is -2.21. The molecule has 1 amide bonds. The largest absolute Gasteiger partial charge is 0.378 e. The molecule has 262 valence electrons. The van der Waals surface area contributed by atoms with Crippen LogP contribution in [0.1, 0.15) is 44.1 Å². The molecule has 51 heavy (non-hydrogen) atoms. The Labute approximate surface area is 308 Å². The van der Waals surface area contributed by atoms with Gasteiger partial charge in [0.05, 0.1) is 0 Å². The van der Waals surface area contributed by atoms with Gasteiger partial charge in [-0.25, -0.2) is 0 Å². The van der Waals surface area contributed by atoms with Gasteiger partial charge in [0.15, 0.2) is 0 Å². The number of nitrogens with two attached hydrogens (primary N) is 1. The van der Waals surface area contributed by atoms with Gasteiger partial charge in [-0.15, -0.1) is 0 Å². The van der Waals surface area contributed by atoms with E-state index < -0.39 is 11.8 Å². The fourth-order valence-corrected chi connectivity index (χ4v) is 6.28. The second-order valence-electron chi connectivity index (χ2n) is 13.5. The predicted molar refractivity (Wildman–Crippen MR) is 220 cm³/mol. The minimum Gasteiger partial charge on any atom is -0.378 e. The molecule has 0 atom stereocenters. The molecule has 6 nitrogen and oxygen atoms in total. The molecule has 0 radical (unpaired) electrons. The molecule has 0 aliphatic rings. The van der Waals surface area contributed by atoms with Crippen LogP contribution in [0.4, 0.5) is 22.7 Å². The van der Waals surface area contributed by atoms with Crippen molar-refractivity contribution in [3.05, 3.63) is 166 Å². The summed E-state index contributed by atoms with van der Waals surface area (Å²) in [5, 5.41) is 0.529. The van der Waals surface area contributed by atoms with Gasteiger partial charge >= 0.3 is 0 Å². The zero-order chi connectivity index (χ0) is 36.8. The van der Waals surface area contributed by atoms with Gasteiger partial charge in [0.25, 0.3) is 0 Å². The van der Waals surface area contributed by atoms with Crippen LogP contribution in [0.5, 0.6) is 0 Å². The smallest absolute Gasteiger partial charge is 0.249 e. The maximum Gasteiger partial charge on any atom is 0.249 e. The van der Waals surface area contributed by atoms with E-state index in [0.29, 0.717) is 10.6 Å². The van der Waals surface area contributed by atoms with Crippen molar-refractivity contribution in [2.24, 2.45) is 5.73 Å². The van der Waals surface area contributed by atoms with Crippen LogP contribution >= 0.6 is 11.6 Å². The number of carbonyl (C=O) groups excluding carboxylic acids is 1. The lowest BCUT2D eigenvalue weighted by molar-refractivity contribution is 0.0999. The van der Waals surface area contributed by atoms with Crippen LogP contribution in [0.15, 0.2) is 127 Å². The van der Waals surface area contributed by atoms with E-state index in [1.165, 1.54) is 0 Å². The topological polar surface area (TPSA) is 56.1 Å². The summed E-state index contributed by atoms with van der Waals surface area (Å²) in [6.45, 7) is 0. The van der Waals surface area contributed by atoms with Crippen LogP contribution in [0.25, 0.3) is 11.1 Å². The molecule has 0 saturated carbocycles. The molecule has 0 spiro atoms. The SMILES string of the molecule is CN(C)c1ccc(C(=CC(C=C(c2ccc(N(C)C)cc2)c2ccc(N(C)C)cc2)c2cc(Cl)ccc2C(N)=O)c2ccc(N(C)C)cc2)cc1. The van der Waals surface area contributed by atoms with Crippen LogP contribution in [0.3, 0.4) is 0 Å². The zero-order valence-corrected chi connectivity index (χ0v) is 31.6. The van der Waals surface area contributed by atoms with Crippen molar-refractivity contribution in [3.8, 4) is 0 Å². The molecule has 5 aromatic carbocycles. The van der Waals surface area contributed by atoms with E-state index >= 15 is 0 Å². The lowest BCUT2D eigenvalue weighted by atomic mass is 9.84. The quantitative estimate of drug-likeness (QED) is 0.141. The highest BCUT2D eigenvalue weighted by Crippen LogP contribution is 2.37. The number of allylic oxidation sites excluding steroid dienone is 2. The second-order valence-corrected chi connectivity index (χ2v) is 14.0. The van der Waals surface area contributed by atoms with E-state index in [1.807, 2.05) is 62.4 Å². The maximum atomic E-state index is 13.0. The Morgan fingerprint density at radius 1 is 0.510 bits per heavy atom. The van der Waals surface area contributed by atoms with E-state index in [9.17, 15) is 4.79 Å². The summed E-state index contributed by atoms with van der Waals surface area (Å²) in [6.07, 6.45) is 4.46. The first-order chi connectivity index (χ1) is 24.3. The van der Waals surface area contributed by atoms with Crippen molar-refractivity contribution in [1.82, 2.24) is 0 Å². The summed E-state index contributed by atoms with van der Waals surface area (Å²) < 4.78 is 0. The summed E-state index contributed by atoms with van der Waals surface area (Å²) in [6, 6.07) is 39.5. The minimum atomic E-state index is -0.507. The van der Waals surface area contributed by atoms with Gasteiger partial charge in [-0.1, -0.05) is 72.3 Å². The number of nitrogens with zero attached hydrogens (tertiary/aromatic N) is 4. The molecule has 2 N–H and O–H groups in total. The highest BCUT2D eigenvalue weighted by atomic mass is 35.5. The highest BCUT2D eigenvalue weighted by molar-refractivity contribution is 6.30. The number of hydrogen-bond donors (Lipinski definition) is 1. The van der Waals surface area contributed by atoms with Crippen molar-refractivity contribution in [2.75, 3.05) is 76.0 Å². The number of primary amides is 1. The zero-order valence-electron chi connectivity index (χ0n) is 30.9. The van der Waals surface area contributed by atoms with Gasteiger partial charge in [0.1, 0.15) is 0 Å². The van der Waals surface area contributed by atoms with Crippen LogP contribution in [-0.2, 0) is 0 Å². The van der Waals surface area contributed by atoms with Crippen LogP contribution in [0.2, 0.25) is 5.02 Å². The average Bonchev–Trinajstić information content (AvgIpc) is 3.12. The summed E-state index contributed by atoms with van der Waals surface area (Å²) >= 11 is 6.68. The summed E-state index contributed by atoms with van der Waals surface area (Å²) in [5.41, 5.74) is 17.9. The van der Waals surface area contributed by atoms with Gasteiger partial charge in [0, 0.05) is 95.6 Å². The molecule has 0 unspecified atom stereocenters. The first-order valence-electron chi connectivity index (χ1n) is 17.0. The standard InChI is InChI=1S/C44H48ClN5O/c1-47(2)36-18-9-30(10-19-36)41(31-11-20-37(21-12-31)48(3)4)27-34(43-29-35(45)17-26-40(43)44(46)51)28-42(32-13-22-38(23-14-32)49(5)6)33-15-24-39(25-16-33)50(7)8/h9-29,34H,1-8H3,(H2,46,51). The Morgan fingerprint density at radius 3 is 1.06 bits per heavy atom. The van der Waals surface area contributed by atoms with Crippen LogP contribution in [-0.4, -0.2) is 62.3 Å². The number of carbonyl (C=O) groups is 1. The third-order valence-electron chi connectivity index (χ3n) is 9.11. The molecule has 0 heterocycles. The van der Waals surface area contributed by atoms with E-state index in [2.05, 4.69) is 129 Å². The van der Waals surface area contributed by atoms with E-state index in [-0.39, 0.29) is 0 Å². The van der Waals surface area contributed by atoms with E-state index in [0.717, 1.165) is 61.7 Å². The molecule has 0 aliphatic heterocycles. The molecule has 5 rings (SSSR count). The van der Waals surface area contributed by atoms with E-state index in [4.69, 9.17) is 17.3 Å². The second kappa shape index (κ2) is 16.0. The number of hydrogen-bond acceptors (Lipinski definition) is 5. The third kappa shape index (κ3) is 8.83. The Kier molecular flexibility index (Phi) is 11.6. The number of halogens is 1. The molecule has 7 heteroatoms. The van der Waals surface area contributed by atoms with Crippen LogP contribution in [0, 0.1) is 0 Å². The molecule has 5 aromatic rings. The fourth-order valence-electron chi connectivity index (χ4n) is 6.10. The van der Waals surface area contributed by atoms with Crippen LogP contribution < -0.4 is 25.3 Å². The first-order valence-corrected chi connectivity index (χ1v) is 17.3. The Balaban J connectivity index is 1.83. The van der Waals surface area contributed by atoms with Gasteiger partial charge in [0.2, 0.25) is 5.91 Å². The normalized spacial score (nSPS) is 10.8. The van der Waals surface area contributed by atoms with Crippen molar-refractivity contribution >= 4 is 51.4 Å². The van der Waals surface area contributed by atoms with Gasteiger partial charge < -0.3 is 25.3 Å². The van der Waals surface area contributed by atoms with Crippen molar-refractivity contribution in [3.63, 3.8) is 0 Å². The van der Waals surface area contributed by atoms with Gasteiger partial charge in [-0.2, -0.15) is 0 Å². The molecular formula is C44H48ClN5O. The molecule has 0 saturated heterocycles. The third-order valence-corrected chi connectivity index (χ3v) is 9.34. The average molecular weight is 698 g/mol. The Hall–Kier alpha value is -5.46. The molecule has 0 aromatic heterocycles. The van der Waals surface area contributed by atoms with Crippen molar-refractivity contribution in [2.45, 2.75) is 5.92 Å². The molecule has 0 fully saturated rings. The highest BCUT2D eigenvalue weighted by Gasteiger charge is 2.20. The summed E-state index contributed by atoms with van der Waals surface area (Å²) in [7, 11) is 16.3. The van der Waals surface area contributed by atoms with Gasteiger partial charge in [-0.05, 0) is 106 Å². The first kappa shape index (κ1) is 36.8. The predicted octanol–water partition coefficient (Wildman–Crippen LogP) is 9.05. The minimum absolute atomic E-state index is 0.402. The number of amides is 1. The summed E-state index contributed by atoms with van der Waals surface area (Å²) in [5.74, 6) is -0.909. The van der Waals surface area contributed by atoms with E-state index in [1.54, 1.807) is 12.1 Å². The van der Waals surface area contributed by atoms with Crippen molar-refractivity contribution < 1.29 is 4.79 Å². The maximum absolute atomic E-state index is 13.0. The number of benzene rings is 5. The number of rotatable bonds is 12. The van der Waals surface area contributed by atoms with Crippen molar-refractivity contribution in [1.29, 1.82) is 0 Å². The molecule has 0 bridgehead atoms. The Bertz CT molecular complexity index is 1790. The monoisotopic (exact) mass is 697 g/mol. The number of anilines is 4.